The molecular weight excluding hydrogens is 424 g/mol. The maximum absolute atomic E-state index is 11.2. The number of hydrogen-bond donors (Lipinski definition) is 3. The lowest BCUT2D eigenvalue weighted by Crippen LogP contribution is -3.00. The quantitative estimate of drug-likeness (QED) is 0.182. The molecule has 0 amide bonds. The van der Waals surface area contributed by atoms with Gasteiger partial charge in [0.15, 0.2) is 11.5 Å². The van der Waals surface area contributed by atoms with E-state index in [2.05, 4.69) is 15.6 Å². The van der Waals surface area contributed by atoms with Crippen LogP contribution >= 0.6 is 0 Å². The lowest BCUT2D eigenvalue weighted by Gasteiger charge is -2.19. The summed E-state index contributed by atoms with van der Waals surface area (Å²) in [6.07, 6.45) is 0. The highest BCUT2D eigenvalue weighted by molar-refractivity contribution is 6.08. The van der Waals surface area contributed by atoms with Gasteiger partial charge in [0.05, 0.1) is 41.5 Å². The molecule has 0 aliphatic heterocycles. The number of benzene rings is 2. The number of halogens is 1. The van der Waals surface area contributed by atoms with Crippen LogP contribution < -0.4 is 32.5 Å². The SMILES string of the molecule is COc1cc2nc3cc([N+](=O)[O-])ccc3c(NCCNCC(C)(C)O)c2cc1OC.[Cl-]. The number of aliphatic hydroxyl groups is 1. The Bertz CT molecular complexity index is 1080. The van der Waals surface area contributed by atoms with Crippen LogP contribution in [0.5, 0.6) is 11.5 Å². The molecular formula is C21H26ClN4O5-. The summed E-state index contributed by atoms with van der Waals surface area (Å²) in [7, 11) is 3.11. The van der Waals surface area contributed by atoms with Gasteiger partial charge in [-0.05, 0) is 26.0 Å². The van der Waals surface area contributed by atoms with Crippen LogP contribution in [0.25, 0.3) is 21.8 Å². The van der Waals surface area contributed by atoms with E-state index < -0.39 is 10.5 Å². The Morgan fingerprint density at radius 2 is 1.71 bits per heavy atom. The number of nitro benzene ring substituents is 1. The second kappa shape index (κ2) is 9.95. The number of non-ortho nitro benzene ring substituents is 1. The first kappa shape index (κ1) is 24.4. The van der Waals surface area contributed by atoms with Crippen LogP contribution in [0.1, 0.15) is 13.8 Å². The molecule has 2 aromatic carbocycles. The number of ether oxygens (including phenoxy) is 2. The predicted molar refractivity (Wildman–Crippen MR) is 117 cm³/mol. The van der Waals surface area contributed by atoms with Crippen molar-refractivity contribution in [3.05, 3.63) is 40.4 Å². The van der Waals surface area contributed by atoms with Gasteiger partial charge in [0.1, 0.15) is 0 Å². The summed E-state index contributed by atoms with van der Waals surface area (Å²) in [4.78, 5) is 15.4. The first-order chi connectivity index (χ1) is 14.2. The average Bonchev–Trinajstić information content (AvgIpc) is 2.70. The molecule has 0 saturated carbocycles. The van der Waals surface area contributed by atoms with Crippen molar-refractivity contribution in [1.29, 1.82) is 0 Å². The van der Waals surface area contributed by atoms with E-state index in [0.717, 1.165) is 16.5 Å². The summed E-state index contributed by atoms with van der Waals surface area (Å²) in [5, 5.41) is 29.2. The Morgan fingerprint density at radius 3 is 2.32 bits per heavy atom. The highest BCUT2D eigenvalue weighted by Crippen LogP contribution is 2.38. The molecule has 0 fully saturated rings. The number of rotatable bonds is 9. The lowest BCUT2D eigenvalue weighted by atomic mass is 10.1. The summed E-state index contributed by atoms with van der Waals surface area (Å²) >= 11 is 0. The molecule has 9 nitrogen and oxygen atoms in total. The summed E-state index contributed by atoms with van der Waals surface area (Å²) in [6, 6.07) is 8.22. The third-order valence-corrected chi connectivity index (χ3v) is 4.63. The molecule has 31 heavy (non-hydrogen) atoms. The monoisotopic (exact) mass is 449 g/mol. The average molecular weight is 450 g/mol. The zero-order valence-corrected chi connectivity index (χ0v) is 18.6. The molecule has 1 aromatic heterocycles. The van der Waals surface area contributed by atoms with Crippen LogP contribution in [-0.4, -0.2) is 54.5 Å². The van der Waals surface area contributed by atoms with Crippen molar-refractivity contribution in [2.24, 2.45) is 0 Å². The molecule has 0 unspecified atom stereocenters. The Balaban J connectivity index is 0.00000341. The standard InChI is InChI=1S/C21H26N4O5.ClH/c1-21(2,26)12-22-7-8-23-20-14-6-5-13(25(27)28)9-16(14)24-17-11-19(30-4)18(29-3)10-15(17)20;/h5-6,9-11,22,26H,7-8,12H2,1-4H3,(H,23,24);1H/p-1. The summed E-state index contributed by atoms with van der Waals surface area (Å²) in [5.41, 5.74) is 1.13. The van der Waals surface area contributed by atoms with Crippen LogP contribution in [0.3, 0.4) is 0 Å². The van der Waals surface area contributed by atoms with Crippen molar-refractivity contribution in [3.63, 3.8) is 0 Å². The van der Waals surface area contributed by atoms with Gasteiger partial charge in [0.2, 0.25) is 0 Å². The number of nitrogens with zero attached hydrogens (tertiary/aromatic N) is 2. The van der Waals surface area contributed by atoms with E-state index in [9.17, 15) is 15.2 Å². The first-order valence-electron chi connectivity index (χ1n) is 9.54. The van der Waals surface area contributed by atoms with E-state index in [4.69, 9.17) is 9.47 Å². The van der Waals surface area contributed by atoms with Crippen molar-refractivity contribution in [3.8, 4) is 11.5 Å². The Morgan fingerprint density at radius 1 is 1.06 bits per heavy atom. The second-order valence-electron chi connectivity index (χ2n) is 7.59. The summed E-state index contributed by atoms with van der Waals surface area (Å²) < 4.78 is 10.8. The van der Waals surface area contributed by atoms with E-state index in [1.165, 1.54) is 12.1 Å². The van der Waals surface area contributed by atoms with Crippen LogP contribution in [0.4, 0.5) is 11.4 Å². The van der Waals surface area contributed by atoms with Crippen molar-refractivity contribution < 1.29 is 31.9 Å². The zero-order valence-electron chi connectivity index (χ0n) is 17.9. The van der Waals surface area contributed by atoms with Crippen molar-refractivity contribution in [2.45, 2.75) is 19.4 Å². The number of aromatic nitrogens is 1. The molecule has 168 valence electrons. The fraction of sp³-hybridized carbons (Fsp3) is 0.381. The van der Waals surface area contributed by atoms with Crippen LogP contribution in [0, 0.1) is 10.1 Å². The van der Waals surface area contributed by atoms with Gasteiger partial charge in [-0.3, -0.25) is 10.1 Å². The number of fused-ring (bicyclic) bond motifs is 2. The maximum Gasteiger partial charge on any atom is 0.271 e. The molecule has 0 aliphatic rings. The molecule has 0 atom stereocenters. The Kier molecular flexibility index (Phi) is 7.83. The molecule has 10 heteroatoms. The highest BCUT2D eigenvalue weighted by atomic mass is 35.5. The minimum absolute atomic E-state index is 0. The van der Waals surface area contributed by atoms with E-state index in [1.807, 2.05) is 6.07 Å². The fourth-order valence-corrected chi connectivity index (χ4v) is 3.23. The Hall–Kier alpha value is -2.88. The number of methoxy groups -OCH3 is 2. The van der Waals surface area contributed by atoms with E-state index in [1.54, 1.807) is 40.2 Å². The molecule has 0 spiro atoms. The minimum Gasteiger partial charge on any atom is -1.00 e. The third kappa shape index (κ3) is 5.63. The van der Waals surface area contributed by atoms with Gasteiger partial charge in [-0.25, -0.2) is 4.98 Å². The van der Waals surface area contributed by atoms with Crippen molar-refractivity contribution in [1.82, 2.24) is 10.3 Å². The number of nitro groups is 1. The number of anilines is 1. The first-order valence-corrected chi connectivity index (χ1v) is 9.54. The molecule has 0 aliphatic carbocycles. The van der Waals surface area contributed by atoms with Crippen molar-refractivity contribution >= 4 is 33.2 Å². The van der Waals surface area contributed by atoms with Crippen molar-refractivity contribution in [2.75, 3.05) is 39.2 Å². The molecule has 3 N–H and O–H groups in total. The van der Waals surface area contributed by atoms with E-state index in [-0.39, 0.29) is 18.1 Å². The van der Waals surface area contributed by atoms with Gasteiger partial charge in [-0.15, -0.1) is 0 Å². The highest BCUT2D eigenvalue weighted by Gasteiger charge is 2.16. The van der Waals surface area contributed by atoms with Gasteiger partial charge in [-0.2, -0.15) is 0 Å². The molecule has 0 bridgehead atoms. The summed E-state index contributed by atoms with van der Waals surface area (Å²) in [6.45, 7) is 5.14. The maximum atomic E-state index is 11.2. The van der Waals surface area contributed by atoms with Gasteiger partial charge < -0.3 is 37.6 Å². The summed E-state index contributed by atoms with van der Waals surface area (Å²) in [5.74, 6) is 1.09. The molecule has 3 aromatic rings. The number of nitrogens with one attached hydrogen (secondary N) is 2. The molecule has 1 heterocycles. The normalized spacial score (nSPS) is 11.3. The Labute approximate surface area is 186 Å². The minimum atomic E-state index is -0.793. The number of hydrogen-bond acceptors (Lipinski definition) is 8. The van der Waals surface area contributed by atoms with E-state index >= 15 is 0 Å². The molecule has 0 saturated heterocycles. The topological polar surface area (TPSA) is 119 Å². The second-order valence-corrected chi connectivity index (χ2v) is 7.59. The van der Waals surface area contributed by atoms with Crippen LogP contribution in [0.15, 0.2) is 30.3 Å². The van der Waals surface area contributed by atoms with Gasteiger partial charge in [-0.1, -0.05) is 0 Å². The predicted octanol–water partition coefficient (Wildman–Crippen LogP) is 0.0898. The van der Waals surface area contributed by atoms with E-state index in [0.29, 0.717) is 42.2 Å². The van der Waals surface area contributed by atoms with Gasteiger partial charge in [0, 0.05) is 48.6 Å². The zero-order chi connectivity index (χ0) is 21.9. The van der Waals surface area contributed by atoms with Crippen LogP contribution in [0.2, 0.25) is 0 Å². The smallest absolute Gasteiger partial charge is 0.271 e. The third-order valence-electron chi connectivity index (χ3n) is 4.63. The molecule has 0 radical (unpaired) electrons. The molecule has 3 rings (SSSR count). The largest absolute Gasteiger partial charge is 1.00 e. The van der Waals surface area contributed by atoms with Gasteiger partial charge >= 0.3 is 0 Å². The van der Waals surface area contributed by atoms with Gasteiger partial charge in [0.25, 0.3) is 5.69 Å². The fourth-order valence-electron chi connectivity index (χ4n) is 3.23. The number of pyridine rings is 1. The van der Waals surface area contributed by atoms with Crippen LogP contribution in [-0.2, 0) is 0 Å². The lowest BCUT2D eigenvalue weighted by molar-refractivity contribution is -0.384.